The maximum atomic E-state index is 5.71. The molecule has 96 valence electrons. The highest BCUT2D eigenvalue weighted by Crippen LogP contribution is 2.28. The Morgan fingerprint density at radius 2 is 1.58 bits per heavy atom. The third kappa shape index (κ3) is 2.44. The van der Waals surface area contributed by atoms with Crippen molar-refractivity contribution in [1.82, 2.24) is 9.97 Å². The summed E-state index contributed by atoms with van der Waals surface area (Å²) in [7, 11) is 0. The van der Waals surface area contributed by atoms with E-state index in [0.29, 0.717) is 5.82 Å². The van der Waals surface area contributed by atoms with Crippen LogP contribution in [-0.2, 0) is 0 Å². The summed E-state index contributed by atoms with van der Waals surface area (Å²) >= 11 is 0. The number of nitrogens with zero attached hydrogens (tertiary/aromatic N) is 2. The van der Waals surface area contributed by atoms with Gasteiger partial charge in [-0.3, -0.25) is 0 Å². The van der Waals surface area contributed by atoms with Gasteiger partial charge in [0.05, 0.1) is 5.69 Å². The molecule has 4 nitrogen and oxygen atoms in total. The minimum absolute atomic E-state index is 0. The van der Waals surface area contributed by atoms with E-state index in [2.05, 4.69) is 28.2 Å². The van der Waals surface area contributed by atoms with Crippen molar-refractivity contribution in [3.63, 3.8) is 0 Å². The van der Waals surface area contributed by atoms with E-state index in [1.165, 1.54) is 0 Å². The summed E-state index contributed by atoms with van der Waals surface area (Å²) in [6.07, 6.45) is 0. The number of hydrogen-bond donors (Lipinski definition) is 2. The van der Waals surface area contributed by atoms with Gasteiger partial charge in [0.25, 0.3) is 0 Å². The minimum Gasteiger partial charge on any atom is -0.384 e. The predicted octanol–water partition coefficient (Wildman–Crippen LogP) is 2.88. The molecule has 2 aromatic carbocycles. The second-order valence-corrected chi connectivity index (χ2v) is 4.06. The number of halogens is 1. The van der Waals surface area contributed by atoms with Crippen LogP contribution in [0.4, 0.5) is 11.8 Å². The lowest BCUT2D eigenvalue weighted by molar-refractivity contribution is 1.20. The number of nitrogen functional groups attached to an aromatic ring is 2. The lowest BCUT2D eigenvalue weighted by Gasteiger charge is -2.07. The van der Waals surface area contributed by atoms with Crippen molar-refractivity contribution in [2.45, 2.75) is 0 Å². The Hall–Kier alpha value is -2.33. The van der Waals surface area contributed by atoms with E-state index in [4.69, 9.17) is 11.5 Å². The number of nitrogens with two attached hydrogens (primary N) is 2. The maximum Gasteiger partial charge on any atom is 0.222 e. The number of rotatable bonds is 1. The molecule has 0 spiro atoms. The Morgan fingerprint density at radius 1 is 0.842 bits per heavy atom. The molecule has 0 aliphatic rings. The first-order valence-electron chi connectivity index (χ1n) is 5.62. The van der Waals surface area contributed by atoms with E-state index in [9.17, 15) is 0 Å². The van der Waals surface area contributed by atoms with Gasteiger partial charge in [-0.2, -0.15) is 4.98 Å². The Bertz CT molecular complexity index is 702. The summed E-state index contributed by atoms with van der Waals surface area (Å²) in [5, 5.41) is 2.28. The Morgan fingerprint density at radius 3 is 2.37 bits per heavy atom. The first-order chi connectivity index (χ1) is 8.74. The fourth-order valence-electron chi connectivity index (χ4n) is 2.07. The van der Waals surface area contributed by atoms with Crippen LogP contribution in [0.5, 0.6) is 0 Å². The molecule has 0 saturated carbocycles. The van der Waals surface area contributed by atoms with Crippen LogP contribution in [0.2, 0.25) is 0 Å². The molecule has 0 aliphatic carbocycles. The molecule has 0 aliphatic heterocycles. The second-order valence-electron chi connectivity index (χ2n) is 4.06. The molecule has 1 heterocycles. The van der Waals surface area contributed by atoms with Gasteiger partial charge in [-0.25, -0.2) is 4.98 Å². The normalized spacial score (nSPS) is 10.1. The summed E-state index contributed by atoms with van der Waals surface area (Å²) < 4.78 is 0. The first-order valence-corrected chi connectivity index (χ1v) is 5.62. The molecule has 3 aromatic rings. The number of aromatic nitrogens is 2. The van der Waals surface area contributed by atoms with Crippen molar-refractivity contribution in [2.75, 3.05) is 11.5 Å². The fourth-order valence-corrected chi connectivity index (χ4v) is 2.07. The van der Waals surface area contributed by atoms with Crippen LogP contribution in [0, 0.1) is 0 Å². The van der Waals surface area contributed by atoms with Crippen LogP contribution in [0.3, 0.4) is 0 Å². The standard InChI is InChI=1S/C14H12N4.ClH/c15-13-8-12(17-14(16)18-13)11-7-3-5-9-4-1-2-6-10(9)11;/h1-8H,(H4,15,16,17,18);1H. The largest absolute Gasteiger partial charge is 0.384 e. The first kappa shape index (κ1) is 13.1. The van der Waals surface area contributed by atoms with Crippen LogP contribution in [-0.4, -0.2) is 9.97 Å². The molecule has 0 amide bonds. The Labute approximate surface area is 116 Å². The molecular weight excluding hydrogens is 260 g/mol. The SMILES string of the molecule is Cl.Nc1cc(-c2cccc3ccccc23)nc(N)n1. The molecule has 0 saturated heterocycles. The number of hydrogen-bond acceptors (Lipinski definition) is 4. The highest BCUT2D eigenvalue weighted by Gasteiger charge is 2.06. The van der Waals surface area contributed by atoms with Gasteiger partial charge in [0, 0.05) is 11.6 Å². The molecule has 1 aromatic heterocycles. The highest BCUT2D eigenvalue weighted by molar-refractivity contribution is 5.96. The van der Waals surface area contributed by atoms with Crippen LogP contribution in [0.15, 0.2) is 48.5 Å². The average Bonchev–Trinajstić information content (AvgIpc) is 2.37. The van der Waals surface area contributed by atoms with Gasteiger partial charge in [-0.1, -0.05) is 42.5 Å². The lowest BCUT2D eigenvalue weighted by atomic mass is 10.0. The average molecular weight is 273 g/mol. The van der Waals surface area contributed by atoms with E-state index in [1.807, 2.05) is 24.3 Å². The topological polar surface area (TPSA) is 77.8 Å². The van der Waals surface area contributed by atoms with Crippen molar-refractivity contribution < 1.29 is 0 Å². The number of benzene rings is 2. The van der Waals surface area contributed by atoms with Crippen molar-refractivity contribution in [1.29, 1.82) is 0 Å². The molecule has 0 unspecified atom stereocenters. The predicted molar refractivity (Wildman–Crippen MR) is 81.0 cm³/mol. The van der Waals surface area contributed by atoms with Gasteiger partial charge < -0.3 is 11.5 Å². The highest BCUT2D eigenvalue weighted by atomic mass is 35.5. The lowest BCUT2D eigenvalue weighted by Crippen LogP contribution is -2.00. The van der Waals surface area contributed by atoms with Gasteiger partial charge in [0.1, 0.15) is 5.82 Å². The quantitative estimate of drug-likeness (QED) is 0.714. The molecule has 5 heteroatoms. The minimum atomic E-state index is 0. The molecule has 19 heavy (non-hydrogen) atoms. The molecule has 4 N–H and O–H groups in total. The van der Waals surface area contributed by atoms with E-state index in [1.54, 1.807) is 6.07 Å². The van der Waals surface area contributed by atoms with Gasteiger partial charge in [-0.15, -0.1) is 12.4 Å². The summed E-state index contributed by atoms with van der Waals surface area (Å²) in [6.45, 7) is 0. The zero-order valence-corrected chi connectivity index (χ0v) is 10.9. The summed E-state index contributed by atoms with van der Waals surface area (Å²) in [5.41, 5.74) is 13.1. The summed E-state index contributed by atoms with van der Waals surface area (Å²) in [6, 6.07) is 15.9. The van der Waals surface area contributed by atoms with Crippen LogP contribution in [0.25, 0.3) is 22.0 Å². The molecule has 3 rings (SSSR count). The van der Waals surface area contributed by atoms with Gasteiger partial charge in [0.15, 0.2) is 0 Å². The van der Waals surface area contributed by atoms with Crippen LogP contribution >= 0.6 is 12.4 Å². The monoisotopic (exact) mass is 272 g/mol. The van der Waals surface area contributed by atoms with E-state index in [-0.39, 0.29) is 18.4 Å². The van der Waals surface area contributed by atoms with Crippen molar-refractivity contribution >= 4 is 34.9 Å². The molecular formula is C14H13ClN4. The number of fused-ring (bicyclic) bond motifs is 1. The summed E-state index contributed by atoms with van der Waals surface area (Å²) in [5.74, 6) is 0.573. The Kier molecular flexibility index (Phi) is 3.53. The van der Waals surface area contributed by atoms with Crippen LogP contribution in [0.1, 0.15) is 0 Å². The van der Waals surface area contributed by atoms with Crippen molar-refractivity contribution in [3.05, 3.63) is 48.5 Å². The third-order valence-electron chi connectivity index (χ3n) is 2.83. The maximum absolute atomic E-state index is 5.71. The van der Waals surface area contributed by atoms with E-state index >= 15 is 0 Å². The van der Waals surface area contributed by atoms with Crippen molar-refractivity contribution in [3.8, 4) is 11.3 Å². The molecule has 0 atom stereocenters. The van der Waals surface area contributed by atoms with Crippen molar-refractivity contribution in [2.24, 2.45) is 0 Å². The van der Waals surface area contributed by atoms with Gasteiger partial charge >= 0.3 is 0 Å². The zero-order chi connectivity index (χ0) is 12.5. The Balaban J connectivity index is 0.00000133. The fraction of sp³-hybridized carbons (Fsp3) is 0. The molecule has 0 radical (unpaired) electrons. The smallest absolute Gasteiger partial charge is 0.222 e. The van der Waals surface area contributed by atoms with E-state index in [0.717, 1.165) is 22.0 Å². The molecule has 0 fully saturated rings. The van der Waals surface area contributed by atoms with Gasteiger partial charge in [-0.05, 0) is 10.8 Å². The van der Waals surface area contributed by atoms with E-state index < -0.39 is 0 Å². The second kappa shape index (κ2) is 5.12. The molecule has 0 bridgehead atoms. The van der Waals surface area contributed by atoms with Crippen LogP contribution < -0.4 is 11.5 Å². The third-order valence-corrected chi connectivity index (χ3v) is 2.83. The zero-order valence-electron chi connectivity index (χ0n) is 10.1. The summed E-state index contributed by atoms with van der Waals surface area (Å²) in [4.78, 5) is 8.13. The van der Waals surface area contributed by atoms with Gasteiger partial charge in [0.2, 0.25) is 5.95 Å². The number of anilines is 2.